The molecular weight excluding hydrogens is 398 g/mol. The maximum absolute atomic E-state index is 10.8. The number of hydrazone groups is 1. The van der Waals surface area contributed by atoms with E-state index in [-0.39, 0.29) is 5.69 Å². The second-order valence-corrected chi connectivity index (χ2v) is 7.53. The lowest BCUT2D eigenvalue weighted by molar-refractivity contribution is -0.384. The Hall–Kier alpha value is -3.91. The molecule has 0 aliphatic rings. The van der Waals surface area contributed by atoms with Crippen LogP contribution in [0.1, 0.15) is 16.1 Å². The van der Waals surface area contributed by atoms with Crippen LogP contribution in [0.2, 0.25) is 0 Å². The van der Waals surface area contributed by atoms with Crippen LogP contribution in [0.5, 0.6) is 0 Å². The van der Waals surface area contributed by atoms with E-state index in [1.54, 1.807) is 18.3 Å². The van der Waals surface area contributed by atoms with Crippen molar-refractivity contribution in [3.63, 3.8) is 0 Å². The summed E-state index contributed by atoms with van der Waals surface area (Å²) in [5.74, 6) is 0.526. The molecule has 3 aromatic carbocycles. The third-order valence-corrected chi connectivity index (χ3v) is 5.30. The molecule has 30 heavy (non-hydrogen) atoms. The molecule has 0 saturated heterocycles. The fourth-order valence-corrected chi connectivity index (χ4v) is 3.60. The second-order valence-electron chi connectivity index (χ2n) is 6.50. The fraction of sp³-hybridized carbons (Fsp3) is 0.0455. The number of nitrogens with zero attached hydrogens (tertiary/aromatic N) is 4. The van der Waals surface area contributed by atoms with E-state index in [4.69, 9.17) is 0 Å². The molecule has 0 aliphatic carbocycles. The Morgan fingerprint density at radius 2 is 1.80 bits per heavy atom. The molecule has 0 bridgehead atoms. The fourth-order valence-electron chi connectivity index (χ4n) is 2.69. The highest BCUT2D eigenvalue weighted by Crippen LogP contribution is 2.23. The maximum atomic E-state index is 10.8. The number of fused-ring (bicyclic) bond motifs is 1. The third kappa shape index (κ3) is 4.56. The van der Waals surface area contributed by atoms with E-state index in [0.29, 0.717) is 5.84 Å². The average molecular weight is 415 g/mol. The van der Waals surface area contributed by atoms with Gasteiger partial charge in [-0.1, -0.05) is 29.8 Å². The standard InChI is InChI=1S/C22H17N5O2S/c1-15-6-10-17(11-7-15)24-21(22-25-19-4-2-3-5-20(19)30-22)26-23-14-16-8-12-18(13-9-16)27(28)29/h2-14H,1H3,(H,24,26). The summed E-state index contributed by atoms with van der Waals surface area (Å²) in [6, 6.07) is 21.9. The van der Waals surface area contributed by atoms with Crippen LogP contribution in [-0.4, -0.2) is 22.0 Å². The first-order chi connectivity index (χ1) is 14.6. The topological polar surface area (TPSA) is 92.8 Å². The van der Waals surface area contributed by atoms with Gasteiger partial charge in [0.1, 0.15) is 0 Å². The quantitative estimate of drug-likeness (QED) is 0.209. The van der Waals surface area contributed by atoms with Crippen molar-refractivity contribution in [3.8, 4) is 0 Å². The number of aryl methyl sites for hydroxylation is 1. The molecular formula is C22H17N5O2S. The molecule has 0 fully saturated rings. The number of amidine groups is 1. The lowest BCUT2D eigenvalue weighted by Gasteiger charge is -2.03. The highest BCUT2D eigenvalue weighted by molar-refractivity contribution is 7.20. The minimum atomic E-state index is -0.432. The molecule has 1 heterocycles. The molecule has 8 heteroatoms. The number of non-ortho nitro benzene ring substituents is 1. The van der Waals surface area contributed by atoms with Crippen molar-refractivity contribution in [2.75, 3.05) is 0 Å². The smallest absolute Gasteiger partial charge is 0.259 e. The molecule has 0 saturated carbocycles. The first kappa shape index (κ1) is 19.4. The minimum absolute atomic E-state index is 0.0382. The van der Waals surface area contributed by atoms with E-state index in [0.717, 1.165) is 32.0 Å². The van der Waals surface area contributed by atoms with Crippen molar-refractivity contribution >= 4 is 45.0 Å². The van der Waals surface area contributed by atoms with Gasteiger partial charge in [0.2, 0.25) is 0 Å². The SMILES string of the molecule is Cc1ccc(N=C(NN=Cc2ccc([N+](=O)[O-])cc2)c2nc3ccccc3s2)cc1. The van der Waals surface area contributed by atoms with E-state index in [9.17, 15) is 10.1 Å². The third-order valence-electron chi connectivity index (χ3n) is 4.26. The number of nitrogens with one attached hydrogen (secondary N) is 1. The van der Waals surface area contributed by atoms with Gasteiger partial charge in [0.05, 0.1) is 27.0 Å². The van der Waals surface area contributed by atoms with E-state index in [1.165, 1.54) is 23.5 Å². The molecule has 148 valence electrons. The predicted octanol–water partition coefficient (Wildman–Crippen LogP) is 5.21. The number of hydrogen-bond acceptors (Lipinski definition) is 6. The van der Waals surface area contributed by atoms with Crippen LogP contribution in [0.15, 0.2) is 82.9 Å². The lowest BCUT2D eigenvalue weighted by Crippen LogP contribution is -2.18. The zero-order valence-electron chi connectivity index (χ0n) is 16.0. The van der Waals surface area contributed by atoms with Crippen molar-refractivity contribution in [1.29, 1.82) is 0 Å². The Morgan fingerprint density at radius 3 is 2.50 bits per heavy atom. The summed E-state index contributed by atoms with van der Waals surface area (Å²) in [4.78, 5) is 19.7. The number of aliphatic imine (C=N–C) groups is 1. The molecule has 1 aromatic heterocycles. The van der Waals surface area contributed by atoms with Gasteiger partial charge in [-0.05, 0) is 48.9 Å². The molecule has 0 unspecified atom stereocenters. The van der Waals surface area contributed by atoms with Gasteiger partial charge in [0.25, 0.3) is 5.69 Å². The van der Waals surface area contributed by atoms with Crippen LogP contribution < -0.4 is 5.43 Å². The van der Waals surface area contributed by atoms with Crippen molar-refractivity contribution < 1.29 is 4.92 Å². The van der Waals surface area contributed by atoms with Crippen molar-refractivity contribution in [2.45, 2.75) is 6.92 Å². The normalized spacial score (nSPS) is 11.8. The number of thiazole rings is 1. The summed E-state index contributed by atoms with van der Waals surface area (Å²) < 4.78 is 1.06. The number of rotatable bonds is 5. The number of hydrogen-bond donors (Lipinski definition) is 1. The largest absolute Gasteiger partial charge is 0.269 e. The molecule has 0 atom stereocenters. The van der Waals surface area contributed by atoms with Gasteiger partial charge in [0.15, 0.2) is 10.8 Å². The first-order valence-electron chi connectivity index (χ1n) is 9.13. The van der Waals surface area contributed by atoms with Crippen molar-refractivity contribution in [3.05, 3.63) is 99.0 Å². The second kappa shape index (κ2) is 8.62. The number of nitro groups is 1. The van der Waals surface area contributed by atoms with Gasteiger partial charge >= 0.3 is 0 Å². The van der Waals surface area contributed by atoms with Crippen LogP contribution in [0, 0.1) is 17.0 Å². The molecule has 0 amide bonds. The van der Waals surface area contributed by atoms with E-state index in [1.807, 2.05) is 55.5 Å². The molecule has 0 radical (unpaired) electrons. The van der Waals surface area contributed by atoms with E-state index < -0.39 is 4.92 Å². The van der Waals surface area contributed by atoms with Gasteiger partial charge in [-0.15, -0.1) is 11.3 Å². The van der Waals surface area contributed by atoms with Gasteiger partial charge in [0, 0.05) is 12.1 Å². The Morgan fingerprint density at radius 1 is 1.07 bits per heavy atom. The summed E-state index contributed by atoms with van der Waals surface area (Å²) in [6.07, 6.45) is 1.59. The summed E-state index contributed by atoms with van der Waals surface area (Å²) in [5, 5.41) is 15.8. The van der Waals surface area contributed by atoms with E-state index in [2.05, 4.69) is 20.5 Å². The number of para-hydroxylation sites is 1. The Bertz CT molecular complexity index is 1210. The summed E-state index contributed by atoms with van der Waals surface area (Å²) >= 11 is 1.53. The molecule has 0 aliphatic heterocycles. The van der Waals surface area contributed by atoms with Crippen LogP contribution in [-0.2, 0) is 0 Å². The predicted molar refractivity (Wildman–Crippen MR) is 121 cm³/mol. The zero-order chi connectivity index (χ0) is 20.9. The molecule has 4 aromatic rings. The van der Waals surface area contributed by atoms with Crippen LogP contribution >= 0.6 is 11.3 Å². The summed E-state index contributed by atoms with van der Waals surface area (Å²) in [5.41, 5.74) is 6.58. The average Bonchev–Trinajstić information content (AvgIpc) is 3.19. The Labute approximate surface area is 176 Å². The van der Waals surface area contributed by atoms with E-state index >= 15 is 0 Å². The van der Waals surface area contributed by atoms with Gasteiger partial charge < -0.3 is 0 Å². The lowest BCUT2D eigenvalue weighted by atomic mass is 10.2. The Balaban J connectivity index is 1.62. The highest BCUT2D eigenvalue weighted by atomic mass is 32.1. The summed E-state index contributed by atoms with van der Waals surface area (Å²) in [7, 11) is 0. The molecule has 1 N–H and O–H groups in total. The maximum Gasteiger partial charge on any atom is 0.269 e. The number of benzene rings is 3. The van der Waals surface area contributed by atoms with Gasteiger partial charge in [-0.25, -0.2) is 9.98 Å². The number of aromatic nitrogens is 1. The highest BCUT2D eigenvalue weighted by Gasteiger charge is 2.10. The van der Waals surface area contributed by atoms with Crippen LogP contribution in [0.3, 0.4) is 0 Å². The molecule has 4 rings (SSSR count). The molecule has 0 spiro atoms. The Kier molecular flexibility index (Phi) is 5.58. The molecule has 7 nitrogen and oxygen atoms in total. The van der Waals surface area contributed by atoms with Gasteiger partial charge in [-0.2, -0.15) is 5.10 Å². The first-order valence-corrected chi connectivity index (χ1v) is 9.95. The van der Waals surface area contributed by atoms with Crippen molar-refractivity contribution in [2.24, 2.45) is 10.1 Å². The van der Waals surface area contributed by atoms with Gasteiger partial charge in [-0.3, -0.25) is 15.5 Å². The van der Waals surface area contributed by atoms with Crippen LogP contribution in [0.4, 0.5) is 11.4 Å². The zero-order valence-corrected chi connectivity index (χ0v) is 16.8. The summed E-state index contributed by atoms with van der Waals surface area (Å²) in [6.45, 7) is 2.02. The van der Waals surface area contributed by atoms with Crippen LogP contribution in [0.25, 0.3) is 10.2 Å². The number of nitro benzene ring substituents is 1. The minimum Gasteiger partial charge on any atom is -0.259 e. The monoisotopic (exact) mass is 415 g/mol. The van der Waals surface area contributed by atoms with Crippen molar-refractivity contribution in [1.82, 2.24) is 10.4 Å².